The summed E-state index contributed by atoms with van der Waals surface area (Å²) < 4.78 is 2.30. The molecule has 0 aliphatic heterocycles. The summed E-state index contributed by atoms with van der Waals surface area (Å²) in [5.74, 6) is 1.86. The summed E-state index contributed by atoms with van der Waals surface area (Å²) in [7, 11) is 0. The number of hydrogen-bond acceptors (Lipinski definition) is 2. The van der Waals surface area contributed by atoms with Gasteiger partial charge in [0.05, 0.1) is 5.56 Å². The molecule has 3 aromatic carbocycles. The summed E-state index contributed by atoms with van der Waals surface area (Å²) >= 11 is 0. The highest BCUT2D eigenvalue weighted by Gasteiger charge is 2.26. The van der Waals surface area contributed by atoms with Crippen molar-refractivity contribution >= 4 is 11.6 Å². The Labute approximate surface area is 295 Å². The summed E-state index contributed by atoms with van der Waals surface area (Å²) in [4.78, 5) is 14.0. The number of benzene rings is 3. The fourth-order valence-electron chi connectivity index (χ4n) is 7.49. The van der Waals surface area contributed by atoms with Crippen molar-refractivity contribution in [2.75, 3.05) is 18.4 Å². The first-order chi connectivity index (χ1) is 23.9. The summed E-state index contributed by atoms with van der Waals surface area (Å²) in [5, 5.41) is 6.94. The van der Waals surface area contributed by atoms with Crippen LogP contribution in [-0.4, -0.2) is 23.6 Å². The smallest absolute Gasteiger partial charge is 0.253 e. The van der Waals surface area contributed by atoms with E-state index in [4.69, 9.17) is 0 Å². The van der Waals surface area contributed by atoms with Crippen molar-refractivity contribution in [1.82, 2.24) is 9.88 Å². The Kier molecular flexibility index (Phi) is 13.5. The predicted molar refractivity (Wildman–Crippen MR) is 208 cm³/mol. The second-order valence-corrected chi connectivity index (χ2v) is 14.2. The number of amides is 1. The number of carbonyl (C=O) groups is 1. The Bertz CT molecular complexity index is 1650. The van der Waals surface area contributed by atoms with Crippen molar-refractivity contribution in [3.05, 3.63) is 143 Å². The zero-order valence-electron chi connectivity index (χ0n) is 30.2. The fourth-order valence-corrected chi connectivity index (χ4v) is 7.49. The van der Waals surface area contributed by atoms with Crippen LogP contribution in [0, 0.1) is 24.7 Å². The number of nitrogens with one attached hydrogen (secondary N) is 2. The fraction of sp³-hybridized carbons (Fsp3) is 0.400. The summed E-state index contributed by atoms with van der Waals surface area (Å²) in [6.07, 6.45) is 17.4. The highest BCUT2D eigenvalue weighted by molar-refractivity contribution is 5.96. The summed E-state index contributed by atoms with van der Waals surface area (Å²) in [5.41, 5.74) is 7.97. The van der Waals surface area contributed by atoms with E-state index in [1.54, 1.807) is 0 Å². The van der Waals surface area contributed by atoms with Crippen molar-refractivity contribution < 1.29 is 4.79 Å². The Hall–Kier alpha value is -4.31. The van der Waals surface area contributed by atoms with Gasteiger partial charge >= 0.3 is 0 Å². The van der Waals surface area contributed by atoms with Gasteiger partial charge in [-0.15, -0.1) is 0 Å². The lowest BCUT2D eigenvalue weighted by molar-refractivity contribution is 0.0948. The maximum absolute atomic E-state index is 14.0. The Morgan fingerprint density at radius 3 is 2.35 bits per heavy atom. The molecule has 2 N–H and O–H groups in total. The van der Waals surface area contributed by atoms with Crippen LogP contribution in [0.2, 0.25) is 0 Å². The van der Waals surface area contributed by atoms with Crippen molar-refractivity contribution in [3.8, 4) is 5.69 Å². The molecule has 1 aromatic heterocycles. The van der Waals surface area contributed by atoms with Gasteiger partial charge in [0.1, 0.15) is 0 Å². The molecule has 49 heavy (non-hydrogen) atoms. The molecule has 4 aromatic rings. The van der Waals surface area contributed by atoms with Gasteiger partial charge in [0, 0.05) is 41.8 Å². The molecule has 0 spiro atoms. The molecule has 1 amide bonds. The quantitative estimate of drug-likeness (QED) is 0.105. The average Bonchev–Trinajstić information content (AvgIpc) is 3.48. The third-order valence-corrected chi connectivity index (χ3v) is 10.2. The lowest BCUT2D eigenvalue weighted by atomic mass is 9.79. The number of anilines is 1. The van der Waals surface area contributed by atoms with E-state index in [1.165, 1.54) is 24.0 Å². The standard InChI is InChI=1S/C45H57N3O/c1-5-6-28-46-41-23-16-24-42(33-41)48-36(4)32-43(44(48)39-21-14-9-15-22-39)45(49)47-29-27-35(3)40(26-25-37-17-10-7-11-18-37)31-34(2)30-38-19-12-8-13-20-38/h7-21,23-24,32-35,39-40,46H,5-6,22,25-31H2,1-4H3,(H,47,49)/t34-,35?,39?,40?/m1/s1. The second-order valence-electron chi connectivity index (χ2n) is 14.2. The van der Waals surface area contributed by atoms with Gasteiger partial charge in [-0.3, -0.25) is 4.79 Å². The van der Waals surface area contributed by atoms with E-state index in [-0.39, 0.29) is 11.8 Å². The average molecular weight is 656 g/mol. The number of aromatic nitrogens is 1. The number of aryl methyl sites for hydroxylation is 2. The van der Waals surface area contributed by atoms with Crippen molar-refractivity contribution in [2.45, 2.75) is 85.0 Å². The van der Waals surface area contributed by atoms with E-state index < -0.39 is 0 Å². The van der Waals surface area contributed by atoms with Gasteiger partial charge in [-0.2, -0.15) is 0 Å². The molecule has 0 bridgehead atoms. The Morgan fingerprint density at radius 2 is 1.63 bits per heavy atom. The number of allylic oxidation sites excluding steroid dienone is 4. The van der Waals surface area contributed by atoms with Gasteiger partial charge in [-0.1, -0.05) is 118 Å². The van der Waals surface area contributed by atoms with E-state index in [0.29, 0.717) is 24.3 Å². The van der Waals surface area contributed by atoms with Crippen molar-refractivity contribution in [1.29, 1.82) is 0 Å². The van der Waals surface area contributed by atoms with E-state index in [0.717, 1.165) is 73.4 Å². The molecule has 4 atom stereocenters. The lowest BCUT2D eigenvalue weighted by Gasteiger charge is -2.27. The van der Waals surface area contributed by atoms with Crippen LogP contribution >= 0.6 is 0 Å². The lowest BCUT2D eigenvalue weighted by Crippen LogP contribution is -2.28. The van der Waals surface area contributed by atoms with Crippen LogP contribution in [0.15, 0.2) is 115 Å². The largest absolute Gasteiger partial charge is 0.385 e. The molecule has 258 valence electrons. The zero-order valence-corrected chi connectivity index (χ0v) is 30.2. The first-order valence-electron chi connectivity index (χ1n) is 18.7. The highest BCUT2D eigenvalue weighted by atomic mass is 16.1. The van der Waals surface area contributed by atoms with Crippen molar-refractivity contribution in [2.24, 2.45) is 17.8 Å². The molecule has 0 saturated heterocycles. The van der Waals surface area contributed by atoms with E-state index in [2.05, 4.69) is 158 Å². The van der Waals surface area contributed by atoms with Crippen molar-refractivity contribution in [3.63, 3.8) is 0 Å². The van der Waals surface area contributed by atoms with Gasteiger partial charge in [-0.25, -0.2) is 0 Å². The normalized spacial score (nSPS) is 15.9. The molecule has 4 heteroatoms. The minimum atomic E-state index is 0.0301. The number of carbonyl (C=O) groups excluding carboxylic acids is 1. The molecule has 1 aliphatic carbocycles. The maximum Gasteiger partial charge on any atom is 0.253 e. The molecule has 0 saturated carbocycles. The SMILES string of the molecule is CCCCNc1cccc(-n2c(C)cc(C(=O)NCCC(C)C(CCc3ccccc3)C[C@H](C)Cc3ccccc3)c2C2C=CC=CC2)c1. The van der Waals surface area contributed by atoms with Crippen LogP contribution in [0.4, 0.5) is 5.69 Å². The zero-order chi connectivity index (χ0) is 34.4. The monoisotopic (exact) mass is 655 g/mol. The number of hydrogen-bond donors (Lipinski definition) is 2. The van der Waals surface area contributed by atoms with E-state index >= 15 is 0 Å². The molecule has 3 unspecified atom stereocenters. The molecule has 4 nitrogen and oxygen atoms in total. The van der Waals surface area contributed by atoms with E-state index in [1.807, 2.05) is 0 Å². The van der Waals surface area contributed by atoms with Gasteiger partial charge < -0.3 is 15.2 Å². The van der Waals surface area contributed by atoms with Gasteiger partial charge in [-0.05, 0) is 105 Å². The number of nitrogens with zero attached hydrogens (tertiary/aromatic N) is 1. The summed E-state index contributed by atoms with van der Waals surface area (Å²) in [6, 6.07) is 32.5. The molecular weight excluding hydrogens is 599 g/mol. The third kappa shape index (κ3) is 10.3. The third-order valence-electron chi connectivity index (χ3n) is 10.2. The van der Waals surface area contributed by atoms with Crippen LogP contribution in [0.5, 0.6) is 0 Å². The molecule has 5 rings (SSSR count). The first-order valence-corrected chi connectivity index (χ1v) is 18.7. The van der Waals surface area contributed by atoms with Crippen LogP contribution < -0.4 is 10.6 Å². The summed E-state index contributed by atoms with van der Waals surface area (Å²) in [6.45, 7) is 10.8. The minimum absolute atomic E-state index is 0.0301. The topological polar surface area (TPSA) is 46.1 Å². The van der Waals surface area contributed by atoms with Gasteiger partial charge in [0.15, 0.2) is 0 Å². The second kappa shape index (κ2) is 18.5. The van der Waals surface area contributed by atoms with Gasteiger partial charge in [0.25, 0.3) is 5.91 Å². The van der Waals surface area contributed by atoms with Crippen LogP contribution in [0.3, 0.4) is 0 Å². The Balaban J connectivity index is 1.28. The molecule has 1 heterocycles. The molecule has 0 radical (unpaired) electrons. The van der Waals surface area contributed by atoms with Crippen LogP contribution in [0.25, 0.3) is 5.69 Å². The molecule has 1 aliphatic rings. The maximum atomic E-state index is 14.0. The predicted octanol–water partition coefficient (Wildman–Crippen LogP) is 10.9. The highest BCUT2D eigenvalue weighted by Crippen LogP contribution is 2.34. The minimum Gasteiger partial charge on any atom is -0.385 e. The Morgan fingerprint density at radius 1 is 0.878 bits per heavy atom. The van der Waals surface area contributed by atoms with Crippen LogP contribution in [-0.2, 0) is 12.8 Å². The number of unbranched alkanes of at least 4 members (excludes halogenated alkanes) is 1. The number of rotatable bonds is 18. The van der Waals surface area contributed by atoms with Crippen LogP contribution in [0.1, 0.15) is 98.1 Å². The van der Waals surface area contributed by atoms with Gasteiger partial charge in [0.2, 0.25) is 0 Å². The molecule has 0 fully saturated rings. The molecular formula is C45H57N3O. The van der Waals surface area contributed by atoms with E-state index in [9.17, 15) is 4.79 Å². The first kappa shape index (κ1) is 36.0.